The third-order valence-electron chi connectivity index (χ3n) is 7.36. The van der Waals surface area contributed by atoms with Gasteiger partial charge in [0.05, 0.1) is 45.0 Å². The predicted molar refractivity (Wildman–Crippen MR) is 144 cm³/mol. The topological polar surface area (TPSA) is 57.4 Å². The number of nitriles is 2. The van der Waals surface area contributed by atoms with E-state index in [0.29, 0.717) is 38.4 Å². The first kappa shape index (κ1) is 24.4. The van der Waals surface area contributed by atoms with Crippen molar-refractivity contribution in [2.75, 3.05) is 0 Å². The summed E-state index contributed by atoms with van der Waals surface area (Å²) in [7, 11) is 0. The van der Waals surface area contributed by atoms with E-state index in [-0.39, 0.29) is 16.6 Å². The third-order valence-corrected chi connectivity index (χ3v) is 7.36. The quantitative estimate of drug-likeness (QED) is 0.124. The molecule has 9 heteroatoms. The van der Waals surface area contributed by atoms with Gasteiger partial charge in [0.15, 0.2) is 23.3 Å². The molecule has 0 N–H and O–H groups in total. The Hall–Kier alpha value is -5.67. The van der Waals surface area contributed by atoms with Gasteiger partial charge in [0.2, 0.25) is 5.82 Å². The molecule has 4 nitrogen and oxygen atoms in total. The van der Waals surface area contributed by atoms with Crippen molar-refractivity contribution in [2.45, 2.75) is 0 Å². The number of fused-ring (bicyclic) bond motifs is 6. The Balaban J connectivity index is 1.69. The van der Waals surface area contributed by atoms with Crippen LogP contribution >= 0.6 is 0 Å². The first-order valence-electron chi connectivity index (χ1n) is 12.3. The van der Waals surface area contributed by atoms with Crippen LogP contribution in [-0.2, 0) is 0 Å². The Labute approximate surface area is 227 Å². The zero-order chi connectivity index (χ0) is 28.6. The van der Waals surface area contributed by atoms with Crippen LogP contribution in [0.15, 0.2) is 78.9 Å². The second-order valence-electron chi connectivity index (χ2n) is 9.47. The van der Waals surface area contributed by atoms with Gasteiger partial charge in [-0.05, 0) is 42.5 Å². The van der Waals surface area contributed by atoms with Crippen molar-refractivity contribution in [1.82, 2.24) is 9.13 Å². The molecule has 0 unspecified atom stereocenters. The summed E-state index contributed by atoms with van der Waals surface area (Å²) in [5.41, 5.74) is 1.84. The van der Waals surface area contributed by atoms with Gasteiger partial charge in [0, 0.05) is 21.5 Å². The van der Waals surface area contributed by atoms with Crippen LogP contribution in [0.5, 0.6) is 0 Å². The summed E-state index contributed by atoms with van der Waals surface area (Å²) in [6, 6.07) is 26.2. The van der Waals surface area contributed by atoms with E-state index >= 15 is 8.78 Å². The highest BCUT2D eigenvalue weighted by atomic mass is 19.2. The van der Waals surface area contributed by atoms with E-state index in [0.717, 1.165) is 9.95 Å². The number of para-hydroxylation sites is 2. The smallest absolute Gasteiger partial charge is 0.200 e. The summed E-state index contributed by atoms with van der Waals surface area (Å²) < 4.78 is 75.9. The van der Waals surface area contributed by atoms with Crippen LogP contribution < -0.4 is 0 Å². The normalized spacial score (nSPS) is 11.5. The minimum atomic E-state index is -2.23. The Morgan fingerprint density at radius 3 is 1.56 bits per heavy atom. The molecule has 7 aromatic rings. The van der Waals surface area contributed by atoms with Crippen molar-refractivity contribution < 1.29 is 22.0 Å². The lowest BCUT2D eigenvalue weighted by atomic mass is 10.1. The highest BCUT2D eigenvalue weighted by Gasteiger charge is 2.29. The number of benzene rings is 5. The van der Waals surface area contributed by atoms with Gasteiger partial charge in [-0.15, -0.1) is 0 Å². The summed E-state index contributed by atoms with van der Waals surface area (Å²) in [4.78, 5) is 0. The van der Waals surface area contributed by atoms with Crippen molar-refractivity contribution >= 4 is 43.6 Å². The lowest BCUT2D eigenvalue weighted by Gasteiger charge is -2.13. The van der Waals surface area contributed by atoms with Crippen LogP contribution in [0, 0.1) is 51.7 Å². The van der Waals surface area contributed by atoms with Crippen molar-refractivity contribution in [3.63, 3.8) is 0 Å². The monoisotopic (exact) mass is 548 g/mol. The minimum absolute atomic E-state index is 0.227. The van der Waals surface area contributed by atoms with Crippen molar-refractivity contribution in [3.05, 3.63) is 119 Å². The van der Waals surface area contributed by atoms with Crippen molar-refractivity contribution in [2.24, 2.45) is 0 Å². The Morgan fingerprint density at radius 1 is 0.488 bits per heavy atom. The Kier molecular flexibility index (Phi) is 5.15. The Bertz CT molecular complexity index is 2320. The number of aromatic nitrogens is 2. The van der Waals surface area contributed by atoms with Gasteiger partial charge in [-0.1, -0.05) is 36.4 Å². The molecule has 0 fully saturated rings. The molecule has 0 bridgehead atoms. The summed E-state index contributed by atoms with van der Waals surface area (Å²) in [6.07, 6.45) is 0. The number of nitrogens with zero attached hydrogens (tertiary/aromatic N) is 4. The second kappa shape index (κ2) is 8.67. The van der Waals surface area contributed by atoms with Gasteiger partial charge in [-0.3, -0.25) is 0 Å². The zero-order valence-corrected chi connectivity index (χ0v) is 20.7. The van der Waals surface area contributed by atoms with Crippen molar-refractivity contribution in [3.8, 4) is 23.5 Å². The highest BCUT2D eigenvalue weighted by Crippen LogP contribution is 2.41. The van der Waals surface area contributed by atoms with E-state index in [1.807, 2.05) is 28.8 Å². The van der Waals surface area contributed by atoms with Crippen LogP contribution in [0.1, 0.15) is 11.1 Å². The molecular weight excluding hydrogens is 535 g/mol. The fraction of sp³-hybridized carbons (Fsp3) is 0. The lowest BCUT2D eigenvalue weighted by Crippen LogP contribution is -2.09. The predicted octanol–water partition coefficient (Wildman–Crippen LogP) is 8.32. The second-order valence-corrected chi connectivity index (χ2v) is 9.47. The fourth-order valence-electron chi connectivity index (χ4n) is 5.61. The summed E-state index contributed by atoms with van der Waals surface area (Å²) in [5.74, 6) is -10.2. The molecular formula is C32H13F5N4. The van der Waals surface area contributed by atoms with Gasteiger partial charge in [0.25, 0.3) is 0 Å². The van der Waals surface area contributed by atoms with E-state index in [1.165, 1.54) is 6.07 Å². The van der Waals surface area contributed by atoms with Crippen molar-refractivity contribution in [1.29, 1.82) is 10.5 Å². The number of hydrogen-bond donors (Lipinski definition) is 0. The van der Waals surface area contributed by atoms with Crippen LogP contribution in [0.2, 0.25) is 0 Å². The van der Waals surface area contributed by atoms with E-state index < -0.39 is 34.8 Å². The fourth-order valence-corrected chi connectivity index (χ4v) is 5.61. The van der Waals surface area contributed by atoms with Gasteiger partial charge in [0.1, 0.15) is 11.8 Å². The average molecular weight is 548 g/mol. The number of hydrogen-bond acceptors (Lipinski definition) is 2. The highest BCUT2D eigenvalue weighted by molar-refractivity contribution is 6.19. The lowest BCUT2D eigenvalue weighted by molar-refractivity contribution is 0.376. The maximum absolute atomic E-state index is 15.2. The zero-order valence-electron chi connectivity index (χ0n) is 20.7. The summed E-state index contributed by atoms with van der Waals surface area (Å²) >= 11 is 0. The maximum atomic E-state index is 15.2. The molecule has 2 aromatic heterocycles. The van der Waals surface area contributed by atoms with Gasteiger partial charge in [-0.25, -0.2) is 22.0 Å². The molecule has 7 rings (SSSR count). The first-order chi connectivity index (χ1) is 19.8. The largest absolute Gasteiger partial charge is 0.308 e. The molecule has 0 saturated heterocycles. The minimum Gasteiger partial charge on any atom is -0.308 e. The molecule has 5 aromatic carbocycles. The first-order valence-corrected chi connectivity index (χ1v) is 12.3. The molecule has 0 radical (unpaired) electrons. The molecule has 0 amide bonds. The molecule has 0 aliphatic carbocycles. The van der Waals surface area contributed by atoms with Crippen LogP contribution in [-0.4, -0.2) is 9.13 Å². The van der Waals surface area contributed by atoms with E-state index in [9.17, 15) is 23.7 Å². The SMILES string of the molecule is N#Cc1ccc(-n2c3ccccc3c3cc4c(cc32)c2ccccc2n4-c2c(F)c(F)c(F)c(F)c2F)c(C#N)c1. The van der Waals surface area contributed by atoms with Gasteiger partial charge >= 0.3 is 0 Å². The maximum Gasteiger partial charge on any atom is 0.200 e. The molecule has 0 saturated carbocycles. The number of halogens is 5. The third kappa shape index (κ3) is 3.23. The van der Waals surface area contributed by atoms with Crippen LogP contribution in [0.4, 0.5) is 22.0 Å². The van der Waals surface area contributed by atoms with Gasteiger partial charge in [-0.2, -0.15) is 10.5 Å². The molecule has 41 heavy (non-hydrogen) atoms. The Morgan fingerprint density at radius 2 is 1.00 bits per heavy atom. The number of rotatable bonds is 2. The van der Waals surface area contributed by atoms with Crippen LogP contribution in [0.25, 0.3) is 55.0 Å². The summed E-state index contributed by atoms with van der Waals surface area (Å²) in [5, 5.41) is 21.6. The molecule has 0 aliphatic rings. The average Bonchev–Trinajstić information content (AvgIpc) is 3.50. The molecule has 2 heterocycles. The molecule has 0 atom stereocenters. The van der Waals surface area contributed by atoms with E-state index in [1.54, 1.807) is 54.6 Å². The molecule has 0 aliphatic heterocycles. The summed E-state index contributed by atoms with van der Waals surface area (Å²) in [6.45, 7) is 0. The van der Waals surface area contributed by atoms with Crippen LogP contribution in [0.3, 0.4) is 0 Å². The van der Waals surface area contributed by atoms with E-state index in [2.05, 4.69) is 6.07 Å². The molecule has 0 spiro atoms. The van der Waals surface area contributed by atoms with Gasteiger partial charge < -0.3 is 9.13 Å². The van der Waals surface area contributed by atoms with E-state index in [4.69, 9.17) is 0 Å². The molecule has 196 valence electrons. The standard InChI is InChI=1S/C32H13F5N4/c33-27-28(34)30(36)32(31(37)29(27)35)41-24-8-4-2-6-19(24)21-12-25-20(13-26(21)41)18-5-1-3-7-23(18)40(25)22-10-9-16(14-38)11-17(22)15-39/h1-13H.